The number of aliphatic hydroxyl groups excluding tert-OH is 1. The molecule has 6 atom stereocenters. The smallest absolute Gasteiger partial charge is 0.462 e. The van der Waals surface area contributed by atoms with E-state index in [0.29, 0.717) is 25.7 Å². The van der Waals surface area contributed by atoms with Crippen LogP contribution in [0.1, 0.15) is 389 Å². The van der Waals surface area contributed by atoms with Gasteiger partial charge in [-0.2, -0.15) is 0 Å². The fraction of sp³-hybridized carbons (Fsp3) is 0.948. The van der Waals surface area contributed by atoms with E-state index in [1.165, 1.54) is 186 Å². The van der Waals surface area contributed by atoms with Gasteiger partial charge in [0.25, 0.3) is 0 Å². The van der Waals surface area contributed by atoms with Crippen LogP contribution < -0.4 is 0 Å². The number of hydrogen-bond acceptors (Lipinski definition) is 15. The van der Waals surface area contributed by atoms with Crippen LogP contribution in [-0.2, 0) is 65.4 Å². The van der Waals surface area contributed by atoms with E-state index < -0.39 is 97.5 Å². The zero-order valence-corrected chi connectivity index (χ0v) is 64.8. The lowest BCUT2D eigenvalue weighted by atomic mass is 10.00. The van der Waals surface area contributed by atoms with Crippen LogP contribution in [0.2, 0.25) is 0 Å². The van der Waals surface area contributed by atoms with Crippen LogP contribution >= 0.6 is 15.6 Å². The number of carbonyl (C=O) groups excluding carboxylic acids is 4. The number of hydrogen-bond donors (Lipinski definition) is 3. The second kappa shape index (κ2) is 66.3. The van der Waals surface area contributed by atoms with Crippen LogP contribution in [0.25, 0.3) is 0 Å². The molecule has 19 heteroatoms. The predicted octanol–water partition coefficient (Wildman–Crippen LogP) is 22.4. The fourth-order valence-corrected chi connectivity index (χ4v) is 13.3. The van der Waals surface area contributed by atoms with Gasteiger partial charge in [0.05, 0.1) is 26.4 Å². The highest BCUT2D eigenvalue weighted by molar-refractivity contribution is 7.47. The Morgan fingerprint density at radius 2 is 0.500 bits per heavy atom. The van der Waals surface area contributed by atoms with Crippen molar-refractivity contribution in [2.75, 3.05) is 39.6 Å². The van der Waals surface area contributed by atoms with Crippen molar-refractivity contribution in [2.45, 2.75) is 408 Å². The number of rotatable bonds is 74. The van der Waals surface area contributed by atoms with E-state index in [9.17, 15) is 43.2 Å². The van der Waals surface area contributed by atoms with Crippen molar-refractivity contribution in [3.63, 3.8) is 0 Å². The third-order valence-electron chi connectivity index (χ3n) is 18.2. The topological polar surface area (TPSA) is 237 Å². The van der Waals surface area contributed by atoms with Gasteiger partial charge in [-0.3, -0.25) is 37.3 Å². The average molecular weight is 1410 g/mol. The van der Waals surface area contributed by atoms with Gasteiger partial charge in [0, 0.05) is 25.7 Å². The van der Waals surface area contributed by atoms with Gasteiger partial charge in [-0.25, -0.2) is 9.13 Å². The van der Waals surface area contributed by atoms with E-state index >= 15 is 0 Å². The number of unbranched alkanes of at least 4 members (excludes halogenated alkanes) is 39. The SMILES string of the molecule is CCC(C)CCCCCCCCC(=O)OC[C@H](COP(=O)(O)OC[C@H](O)COP(=O)(O)OC[C@@H](COC(=O)CCCCCCCCCCCCCCCCC(C)C)OC(=O)CCCCCCCCCCCC(C)C)OC(=O)CCCCCCCCCCCCCCCCC(C)C. The molecule has 3 N–H and O–H groups in total. The van der Waals surface area contributed by atoms with Crippen molar-refractivity contribution in [3.8, 4) is 0 Å². The van der Waals surface area contributed by atoms with Gasteiger partial charge in [0.15, 0.2) is 12.2 Å². The van der Waals surface area contributed by atoms with Crippen molar-refractivity contribution in [3.05, 3.63) is 0 Å². The Balaban J connectivity index is 5.22. The summed E-state index contributed by atoms with van der Waals surface area (Å²) in [5.41, 5.74) is 0. The molecule has 0 spiro atoms. The first-order valence-corrected chi connectivity index (χ1v) is 42.7. The van der Waals surface area contributed by atoms with Crippen molar-refractivity contribution in [2.24, 2.45) is 23.7 Å². The van der Waals surface area contributed by atoms with Crippen LogP contribution in [0.15, 0.2) is 0 Å². The molecule has 0 aliphatic carbocycles. The Bertz CT molecular complexity index is 1890. The van der Waals surface area contributed by atoms with E-state index in [-0.39, 0.29) is 25.7 Å². The average Bonchev–Trinajstić information content (AvgIpc) is 1.17. The monoisotopic (exact) mass is 1410 g/mol. The first-order valence-electron chi connectivity index (χ1n) is 39.7. The molecule has 3 unspecified atom stereocenters. The van der Waals surface area contributed by atoms with Gasteiger partial charge in [-0.1, -0.05) is 338 Å². The minimum Gasteiger partial charge on any atom is -0.462 e. The zero-order chi connectivity index (χ0) is 71.0. The highest BCUT2D eigenvalue weighted by Gasteiger charge is 2.30. The molecule has 0 aromatic rings. The minimum absolute atomic E-state index is 0.105. The normalized spacial score (nSPS) is 14.4. The Hall–Kier alpha value is -1.94. The third kappa shape index (κ3) is 69.2. The summed E-state index contributed by atoms with van der Waals surface area (Å²) in [5, 5.41) is 10.6. The minimum atomic E-state index is -4.96. The van der Waals surface area contributed by atoms with Crippen LogP contribution in [0.4, 0.5) is 0 Å². The predicted molar refractivity (Wildman–Crippen MR) is 391 cm³/mol. The van der Waals surface area contributed by atoms with E-state index in [0.717, 1.165) is 120 Å². The van der Waals surface area contributed by atoms with Gasteiger partial charge in [-0.15, -0.1) is 0 Å². The molecule has 0 aromatic heterocycles. The van der Waals surface area contributed by atoms with Crippen molar-refractivity contribution in [1.29, 1.82) is 0 Å². The summed E-state index contributed by atoms with van der Waals surface area (Å²) >= 11 is 0. The molecule has 0 amide bonds. The van der Waals surface area contributed by atoms with Crippen molar-refractivity contribution < 1.29 is 80.2 Å². The van der Waals surface area contributed by atoms with Crippen LogP contribution in [0, 0.1) is 23.7 Å². The Morgan fingerprint density at radius 1 is 0.292 bits per heavy atom. The van der Waals surface area contributed by atoms with Gasteiger partial charge in [-0.05, 0) is 49.4 Å². The molecule has 0 rings (SSSR count). The Kier molecular flexibility index (Phi) is 65.0. The molecular formula is C77H150O17P2. The number of esters is 4. The van der Waals surface area contributed by atoms with Crippen LogP contribution in [0.5, 0.6) is 0 Å². The molecule has 0 aromatic carbocycles. The van der Waals surface area contributed by atoms with Gasteiger partial charge >= 0.3 is 39.5 Å². The number of ether oxygens (including phenoxy) is 4. The maximum absolute atomic E-state index is 13.1. The molecular weight excluding hydrogens is 1260 g/mol. The van der Waals surface area contributed by atoms with E-state index in [4.69, 9.17) is 37.0 Å². The van der Waals surface area contributed by atoms with E-state index in [1.54, 1.807) is 0 Å². The molecule has 0 aliphatic rings. The lowest BCUT2D eigenvalue weighted by Crippen LogP contribution is -2.30. The Labute approximate surface area is 588 Å². The summed E-state index contributed by atoms with van der Waals surface area (Å²) in [7, 11) is -9.91. The lowest BCUT2D eigenvalue weighted by molar-refractivity contribution is -0.161. The second-order valence-electron chi connectivity index (χ2n) is 29.4. The largest absolute Gasteiger partial charge is 0.472 e. The molecule has 0 bridgehead atoms. The summed E-state index contributed by atoms with van der Waals surface area (Å²) in [6, 6.07) is 0. The maximum Gasteiger partial charge on any atom is 0.472 e. The molecule has 0 heterocycles. The number of carbonyl (C=O) groups is 4. The molecule has 0 radical (unpaired) electrons. The van der Waals surface area contributed by atoms with Crippen molar-refractivity contribution in [1.82, 2.24) is 0 Å². The first kappa shape index (κ1) is 94.1. The summed E-state index contributed by atoms with van der Waals surface area (Å²) in [4.78, 5) is 72.8. The quantitative estimate of drug-likeness (QED) is 0.0222. The summed E-state index contributed by atoms with van der Waals surface area (Å²) in [5.74, 6) is 0.941. The highest BCUT2D eigenvalue weighted by Crippen LogP contribution is 2.45. The Morgan fingerprint density at radius 3 is 0.740 bits per heavy atom. The lowest BCUT2D eigenvalue weighted by Gasteiger charge is -2.21. The third-order valence-corrected chi connectivity index (χ3v) is 20.1. The van der Waals surface area contributed by atoms with E-state index in [2.05, 4.69) is 55.4 Å². The highest BCUT2D eigenvalue weighted by atomic mass is 31.2. The number of aliphatic hydroxyl groups is 1. The second-order valence-corrected chi connectivity index (χ2v) is 32.3. The molecule has 0 saturated heterocycles. The first-order chi connectivity index (χ1) is 46.1. The molecule has 0 saturated carbocycles. The molecule has 96 heavy (non-hydrogen) atoms. The van der Waals surface area contributed by atoms with Crippen LogP contribution in [0.3, 0.4) is 0 Å². The van der Waals surface area contributed by atoms with Gasteiger partial charge in [0.1, 0.15) is 19.3 Å². The zero-order valence-electron chi connectivity index (χ0n) is 63.0. The number of phosphoric acid groups is 2. The van der Waals surface area contributed by atoms with Gasteiger partial charge in [0.2, 0.25) is 0 Å². The summed E-state index contributed by atoms with van der Waals surface area (Å²) in [6.07, 6.45) is 51.4. The molecule has 570 valence electrons. The molecule has 0 aliphatic heterocycles. The van der Waals surface area contributed by atoms with Gasteiger partial charge < -0.3 is 33.8 Å². The maximum atomic E-state index is 13.1. The number of phosphoric ester groups is 2. The standard InChI is InChI=1S/C77H150O17P2/c1-9-70(8)56-48-40-35-36-42-50-58-75(80)88-64-73(94-76(81)59-51-43-33-27-21-17-13-11-15-19-24-30-38-46-54-68(4)5)66-92-96(85,86)90-62-71(78)61-89-95(83,84)91-65-72(93-77(82)60-52-44-34-28-22-25-31-39-47-55-69(6)7)63-87-74(79)57-49-41-32-26-20-16-12-10-14-18-23-29-37-45-53-67(2)3/h67-73,78H,9-66H2,1-8H3,(H,83,84)(H,85,86)/t70?,71-,72-,73-/m1/s1. The van der Waals surface area contributed by atoms with Crippen LogP contribution in [-0.4, -0.2) is 96.7 Å². The molecule has 17 nitrogen and oxygen atoms in total. The summed E-state index contributed by atoms with van der Waals surface area (Å²) in [6.45, 7) is 14.2. The fourth-order valence-electron chi connectivity index (χ4n) is 11.7. The summed E-state index contributed by atoms with van der Waals surface area (Å²) < 4.78 is 68.6. The van der Waals surface area contributed by atoms with Crippen molar-refractivity contribution >= 4 is 39.5 Å². The van der Waals surface area contributed by atoms with E-state index in [1.807, 2.05) is 0 Å². The molecule has 0 fully saturated rings.